The smallest absolute Gasteiger partial charge is 0.241 e. The molecule has 0 heterocycles. The third kappa shape index (κ3) is 5.08. The van der Waals surface area contributed by atoms with E-state index in [1.165, 1.54) is 0 Å². The van der Waals surface area contributed by atoms with Crippen LogP contribution in [0.4, 0.5) is 5.69 Å². The minimum Gasteiger partial charge on any atom is -0.348 e. The zero-order chi connectivity index (χ0) is 19.5. The summed E-state index contributed by atoms with van der Waals surface area (Å²) in [5.41, 5.74) is 4.66. The van der Waals surface area contributed by atoms with E-state index in [1.54, 1.807) is 12.1 Å². The van der Waals surface area contributed by atoms with Gasteiger partial charge in [-0.3, -0.25) is 9.10 Å². The average molecular weight is 375 g/mol. The number of hydrogen-bond acceptors (Lipinski definition) is 3. The van der Waals surface area contributed by atoms with Gasteiger partial charge in [0.15, 0.2) is 0 Å². The Kier molecular flexibility index (Phi) is 6.08. The van der Waals surface area contributed by atoms with Crippen LogP contribution in [0.3, 0.4) is 0 Å². The average Bonchev–Trinajstić information content (AvgIpc) is 2.55. The van der Waals surface area contributed by atoms with Crippen molar-refractivity contribution in [2.24, 2.45) is 0 Å². The van der Waals surface area contributed by atoms with Crippen molar-refractivity contribution in [2.45, 2.75) is 33.7 Å². The van der Waals surface area contributed by atoms with Crippen LogP contribution in [0.5, 0.6) is 0 Å². The molecule has 1 N–H and O–H groups in total. The highest BCUT2D eigenvalue weighted by Crippen LogP contribution is 2.21. The first-order chi connectivity index (χ1) is 12.1. The second-order valence-corrected chi connectivity index (χ2v) is 8.64. The quantitative estimate of drug-likeness (QED) is 0.844. The molecule has 140 valence electrons. The minimum absolute atomic E-state index is 0.204. The van der Waals surface area contributed by atoms with Crippen LogP contribution in [-0.4, -0.2) is 27.1 Å². The van der Waals surface area contributed by atoms with Crippen molar-refractivity contribution in [1.29, 1.82) is 0 Å². The van der Waals surface area contributed by atoms with Crippen LogP contribution in [-0.2, 0) is 14.8 Å². The van der Waals surface area contributed by atoms with Crippen LogP contribution >= 0.6 is 0 Å². The fourth-order valence-electron chi connectivity index (χ4n) is 2.64. The Hall–Kier alpha value is -2.34. The number of nitrogens with zero attached hydrogens (tertiary/aromatic N) is 1. The summed E-state index contributed by atoms with van der Waals surface area (Å²) in [6.45, 7) is 7.50. The van der Waals surface area contributed by atoms with Crippen LogP contribution < -0.4 is 9.62 Å². The van der Waals surface area contributed by atoms with Gasteiger partial charge in [0.05, 0.1) is 18.0 Å². The van der Waals surface area contributed by atoms with Gasteiger partial charge < -0.3 is 5.32 Å². The molecule has 0 saturated carbocycles. The van der Waals surface area contributed by atoms with Crippen molar-refractivity contribution in [2.75, 3.05) is 17.1 Å². The van der Waals surface area contributed by atoms with Crippen molar-refractivity contribution in [3.8, 4) is 0 Å². The zero-order valence-corrected chi connectivity index (χ0v) is 16.7. The summed E-state index contributed by atoms with van der Waals surface area (Å²) in [5.74, 6) is -0.346. The van der Waals surface area contributed by atoms with Gasteiger partial charge in [-0.25, -0.2) is 8.42 Å². The van der Waals surface area contributed by atoms with Gasteiger partial charge in [0.25, 0.3) is 0 Å². The maximum absolute atomic E-state index is 12.5. The number of hydrogen-bond donors (Lipinski definition) is 1. The van der Waals surface area contributed by atoms with E-state index in [4.69, 9.17) is 0 Å². The highest BCUT2D eigenvalue weighted by atomic mass is 32.2. The van der Waals surface area contributed by atoms with Crippen molar-refractivity contribution in [1.82, 2.24) is 5.32 Å². The lowest BCUT2D eigenvalue weighted by Crippen LogP contribution is -2.41. The molecule has 1 amide bonds. The molecule has 0 aliphatic carbocycles. The molecule has 1 unspecified atom stereocenters. The fourth-order valence-corrected chi connectivity index (χ4v) is 3.49. The van der Waals surface area contributed by atoms with Crippen molar-refractivity contribution >= 4 is 21.6 Å². The van der Waals surface area contributed by atoms with E-state index in [2.05, 4.69) is 5.32 Å². The van der Waals surface area contributed by atoms with Gasteiger partial charge in [0.2, 0.25) is 15.9 Å². The normalized spacial score (nSPS) is 12.5. The molecule has 6 heteroatoms. The molecule has 2 aromatic carbocycles. The van der Waals surface area contributed by atoms with E-state index >= 15 is 0 Å². The van der Waals surface area contributed by atoms with Crippen LogP contribution in [0.2, 0.25) is 0 Å². The lowest BCUT2D eigenvalue weighted by Gasteiger charge is -2.24. The molecular weight excluding hydrogens is 348 g/mol. The second kappa shape index (κ2) is 7.91. The first-order valence-corrected chi connectivity index (χ1v) is 10.3. The molecule has 0 aromatic heterocycles. The molecule has 26 heavy (non-hydrogen) atoms. The molecule has 0 bridgehead atoms. The van der Waals surface area contributed by atoms with E-state index in [-0.39, 0.29) is 18.5 Å². The molecule has 0 fully saturated rings. The first kappa shape index (κ1) is 20.0. The number of benzene rings is 2. The molecule has 2 aromatic rings. The lowest BCUT2D eigenvalue weighted by molar-refractivity contribution is -0.120. The molecule has 0 aliphatic rings. The Balaban J connectivity index is 2.16. The molecule has 1 atom stereocenters. The van der Waals surface area contributed by atoms with Crippen molar-refractivity contribution in [3.05, 3.63) is 64.7 Å². The zero-order valence-electron chi connectivity index (χ0n) is 15.9. The third-order valence-electron chi connectivity index (χ3n) is 4.42. The summed E-state index contributed by atoms with van der Waals surface area (Å²) in [5, 5.41) is 2.87. The number of carbonyl (C=O) groups is 1. The molecular formula is C20H26N2O3S. The van der Waals surface area contributed by atoms with Gasteiger partial charge in [0.1, 0.15) is 6.54 Å². The number of aryl methyl sites for hydroxylation is 3. The summed E-state index contributed by atoms with van der Waals surface area (Å²) < 4.78 is 25.5. The molecule has 0 aliphatic heterocycles. The van der Waals surface area contributed by atoms with Crippen LogP contribution in [0.15, 0.2) is 42.5 Å². The van der Waals surface area contributed by atoms with Crippen LogP contribution in [0, 0.1) is 20.8 Å². The van der Waals surface area contributed by atoms with E-state index in [1.807, 2.05) is 58.0 Å². The number of sulfonamides is 1. The van der Waals surface area contributed by atoms with E-state index < -0.39 is 10.0 Å². The Morgan fingerprint density at radius 3 is 2.19 bits per heavy atom. The van der Waals surface area contributed by atoms with Gasteiger partial charge in [-0.2, -0.15) is 0 Å². The largest absolute Gasteiger partial charge is 0.348 e. The standard InChI is InChI=1S/C20H26N2O3S/c1-14-6-9-18(10-7-14)17(4)21-20(23)13-22(26(5,24)25)19-11-8-15(2)16(3)12-19/h6-12,17H,13H2,1-5H3,(H,21,23). The van der Waals surface area contributed by atoms with Crippen molar-refractivity contribution < 1.29 is 13.2 Å². The molecule has 0 saturated heterocycles. The van der Waals surface area contributed by atoms with E-state index in [0.717, 1.165) is 32.8 Å². The Morgan fingerprint density at radius 2 is 1.65 bits per heavy atom. The third-order valence-corrected chi connectivity index (χ3v) is 5.56. The highest BCUT2D eigenvalue weighted by Gasteiger charge is 2.22. The summed E-state index contributed by atoms with van der Waals surface area (Å²) in [6, 6.07) is 13.0. The second-order valence-electron chi connectivity index (χ2n) is 6.74. The summed E-state index contributed by atoms with van der Waals surface area (Å²) in [6.07, 6.45) is 1.11. The van der Waals surface area contributed by atoms with Gasteiger partial charge in [0, 0.05) is 0 Å². The maximum Gasteiger partial charge on any atom is 0.241 e. The SMILES string of the molecule is Cc1ccc(C(C)NC(=O)CN(c2ccc(C)c(C)c2)S(C)(=O)=O)cc1. The molecule has 2 rings (SSSR count). The predicted molar refractivity (Wildman–Crippen MR) is 106 cm³/mol. The number of rotatable bonds is 6. The predicted octanol–water partition coefficient (Wildman–Crippen LogP) is 3.26. The molecule has 0 radical (unpaired) electrons. The topological polar surface area (TPSA) is 66.5 Å². The van der Waals surface area contributed by atoms with Gasteiger partial charge in [-0.15, -0.1) is 0 Å². The number of amides is 1. The highest BCUT2D eigenvalue weighted by molar-refractivity contribution is 7.92. The number of nitrogens with one attached hydrogen (secondary N) is 1. The molecule has 0 spiro atoms. The number of carbonyl (C=O) groups excluding carboxylic acids is 1. The van der Waals surface area contributed by atoms with Crippen LogP contribution in [0.25, 0.3) is 0 Å². The van der Waals surface area contributed by atoms with Crippen molar-refractivity contribution in [3.63, 3.8) is 0 Å². The lowest BCUT2D eigenvalue weighted by atomic mass is 10.1. The Bertz CT molecular complexity index is 890. The summed E-state index contributed by atoms with van der Waals surface area (Å²) >= 11 is 0. The van der Waals surface area contributed by atoms with Gasteiger partial charge >= 0.3 is 0 Å². The van der Waals surface area contributed by atoms with E-state index in [0.29, 0.717) is 5.69 Å². The molecule has 5 nitrogen and oxygen atoms in total. The first-order valence-electron chi connectivity index (χ1n) is 8.49. The number of anilines is 1. The monoisotopic (exact) mass is 374 g/mol. The Morgan fingerprint density at radius 1 is 1.04 bits per heavy atom. The van der Waals surface area contributed by atoms with E-state index in [9.17, 15) is 13.2 Å². The van der Waals surface area contributed by atoms with Gasteiger partial charge in [-0.1, -0.05) is 35.9 Å². The Labute approximate surface area is 156 Å². The fraction of sp³-hybridized carbons (Fsp3) is 0.350. The van der Waals surface area contributed by atoms with Crippen LogP contribution in [0.1, 0.15) is 35.2 Å². The summed E-state index contributed by atoms with van der Waals surface area (Å²) in [7, 11) is -3.58. The maximum atomic E-state index is 12.5. The summed E-state index contributed by atoms with van der Waals surface area (Å²) in [4.78, 5) is 12.5. The van der Waals surface area contributed by atoms with Gasteiger partial charge in [-0.05, 0) is 56.5 Å². The minimum atomic E-state index is -3.58.